The van der Waals surface area contributed by atoms with Crippen LogP contribution in [0.25, 0.3) is 0 Å². The fraction of sp³-hybridized carbons (Fsp3) is 0.0500. The predicted molar refractivity (Wildman–Crippen MR) is 100 cm³/mol. The molecule has 0 radical (unpaired) electrons. The van der Waals surface area contributed by atoms with Crippen molar-refractivity contribution in [1.82, 2.24) is 0 Å². The molecule has 0 bridgehead atoms. The van der Waals surface area contributed by atoms with Crippen LogP contribution < -0.4 is 4.90 Å². The monoisotopic (exact) mass is 362 g/mol. The molecule has 4 rings (SSSR count). The summed E-state index contributed by atoms with van der Waals surface area (Å²) in [6.45, 7) is 0. The summed E-state index contributed by atoms with van der Waals surface area (Å²) >= 11 is 3.67. The fourth-order valence-electron chi connectivity index (χ4n) is 2.98. The maximum Gasteiger partial charge on any atom is 0.0874 e. The van der Waals surface area contributed by atoms with Gasteiger partial charge in [0.15, 0.2) is 0 Å². The molecule has 0 fully saturated rings. The zero-order chi connectivity index (χ0) is 15.8. The van der Waals surface area contributed by atoms with Crippen LogP contribution in [0.1, 0.15) is 11.1 Å². The first kappa shape index (κ1) is 14.2. The number of benzene rings is 3. The highest BCUT2D eigenvalue weighted by Gasteiger charge is 2.21. The third-order valence-corrected chi connectivity index (χ3v) is 4.82. The highest BCUT2D eigenvalue weighted by Crippen LogP contribution is 2.39. The SMILES string of the molecule is CN1c2ccccc2N=C(c2ccccc2Br)c2ccccc21. The van der Waals surface area contributed by atoms with Crippen molar-refractivity contribution < 1.29 is 0 Å². The lowest BCUT2D eigenvalue weighted by Gasteiger charge is -2.21. The third-order valence-electron chi connectivity index (χ3n) is 4.12. The molecular formula is C20H15BrN2. The van der Waals surface area contributed by atoms with Gasteiger partial charge in [0.1, 0.15) is 0 Å². The topological polar surface area (TPSA) is 15.6 Å². The molecule has 1 heterocycles. The molecule has 0 spiro atoms. The minimum absolute atomic E-state index is 0.983. The number of hydrogen-bond acceptors (Lipinski definition) is 2. The number of aliphatic imine (C=N–C) groups is 1. The van der Waals surface area contributed by atoms with Crippen LogP contribution in [-0.2, 0) is 0 Å². The van der Waals surface area contributed by atoms with E-state index in [1.54, 1.807) is 0 Å². The van der Waals surface area contributed by atoms with Gasteiger partial charge in [0.05, 0.1) is 22.8 Å². The summed E-state index contributed by atoms with van der Waals surface area (Å²) in [5.41, 5.74) is 6.49. The van der Waals surface area contributed by atoms with Gasteiger partial charge in [-0.05, 0) is 24.3 Å². The second-order valence-corrected chi connectivity index (χ2v) is 6.36. The van der Waals surface area contributed by atoms with E-state index in [-0.39, 0.29) is 0 Å². The number of halogens is 1. The van der Waals surface area contributed by atoms with Gasteiger partial charge in [0.25, 0.3) is 0 Å². The number of nitrogens with zero attached hydrogens (tertiary/aromatic N) is 2. The third kappa shape index (κ3) is 2.37. The van der Waals surface area contributed by atoms with Gasteiger partial charge in [0, 0.05) is 22.6 Å². The van der Waals surface area contributed by atoms with Crippen LogP contribution in [0.5, 0.6) is 0 Å². The molecule has 0 saturated heterocycles. The number of fused-ring (bicyclic) bond motifs is 2. The molecule has 0 atom stereocenters. The van der Waals surface area contributed by atoms with Gasteiger partial charge in [-0.1, -0.05) is 64.5 Å². The lowest BCUT2D eigenvalue weighted by molar-refractivity contribution is 1.21. The van der Waals surface area contributed by atoms with Crippen LogP contribution in [0.15, 0.2) is 82.3 Å². The van der Waals surface area contributed by atoms with Crippen molar-refractivity contribution in [2.45, 2.75) is 0 Å². The second-order valence-electron chi connectivity index (χ2n) is 5.51. The molecule has 3 heteroatoms. The van der Waals surface area contributed by atoms with Gasteiger partial charge in [-0.25, -0.2) is 4.99 Å². The zero-order valence-electron chi connectivity index (χ0n) is 12.7. The van der Waals surface area contributed by atoms with Crippen molar-refractivity contribution in [3.8, 4) is 0 Å². The van der Waals surface area contributed by atoms with Crippen LogP contribution in [0.3, 0.4) is 0 Å². The molecule has 2 nitrogen and oxygen atoms in total. The number of rotatable bonds is 1. The lowest BCUT2D eigenvalue weighted by Crippen LogP contribution is -2.12. The fourth-order valence-corrected chi connectivity index (χ4v) is 3.45. The molecule has 3 aromatic rings. The molecule has 0 saturated carbocycles. The summed E-state index contributed by atoms with van der Waals surface area (Å²) in [7, 11) is 2.09. The summed E-state index contributed by atoms with van der Waals surface area (Å²) in [6, 6.07) is 24.9. The van der Waals surface area contributed by atoms with Gasteiger partial charge in [-0.15, -0.1) is 0 Å². The van der Waals surface area contributed by atoms with Crippen molar-refractivity contribution in [2.75, 3.05) is 11.9 Å². The van der Waals surface area contributed by atoms with Gasteiger partial charge in [0.2, 0.25) is 0 Å². The molecule has 0 amide bonds. The quantitative estimate of drug-likeness (QED) is 0.542. The maximum absolute atomic E-state index is 5.01. The first-order chi connectivity index (χ1) is 11.3. The molecule has 0 N–H and O–H groups in total. The average molecular weight is 363 g/mol. The summed E-state index contributed by atoms with van der Waals surface area (Å²) in [4.78, 5) is 7.21. The standard InChI is InChI=1S/C20H15BrN2/c1-23-18-12-6-3-9-15(18)20(14-8-2-4-10-16(14)21)22-17-11-5-7-13-19(17)23/h2-13H,1H3. The lowest BCUT2D eigenvalue weighted by atomic mass is 10.0. The van der Waals surface area contributed by atoms with E-state index in [4.69, 9.17) is 4.99 Å². The van der Waals surface area contributed by atoms with E-state index in [2.05, 4.69) is 82.5 Å². The predicted octanol–water partition coefficient (Wildman–Crippen LogP) is 5.70. The Bertz CT molecular complexity index is 915. The Morgan fingerprint density at radius 1 is 0.739 bits per heavy atom. The van der Waals surface area contributed by atoms with Crippen LogP contribution >= 0.6 is 15.9 Å². The largest absolute Gasteiger partial charge is 0.342 e. The Morgan fingerprint density at radius 3 is 2.13 bits per heavy atom. The minimum Gasteiger partial charge on any atom is -0.342 e. The van der Waals surface area contributed by atoms with Crippen molar-refractivity contribution in [3.05, 3.63) is 88.4 Å². The van der Waals surface area contributed by atoms with Crippen molar-refractivity contribution >= 4 is 38.7 Å². The highest BCUT2D eigenvalue weighted by atomic mass is 79.9. The minimum atomic E-state index is 0.983. The van der Waals surface area contributed by atoms with E-state index in [1.807, 2.05) is 18.2 Å². The van der Waals surface area contributed by atoms with Gasteiger partial charge < -0.3 is 4.90 Å². The Labute approximate surface area is 144 Å². The summed E-state index contributed by atoms with van der Waals surface area (Å²) in [5, 5.41) is 0. The number of hydrogen-bond donors (Lipinski definition) is 0. The molecule has 112 valence electrons. The Morgan fingerprint density at radius 2 is 1.35 bits per heavy atom. The van der Waals surface area contributed by atoms with Crippen molar-refractivity contribution in [3.63, 3.8) is 0 Å². The molecule has 0 unspecified atom stereocenters. The van der Waals surface area contributed by atoms with Gasteiger partial charge >= 0.3 is 0 Å². The second kappa shape index (κ2) is 5.67. The summed E-state index contributed by atoms with van der Waals surface area (Å²) < 4.78 is 1.05. The van der Waals surface area contributed by atoms with Crippen LogP contribution in [0.4, 0.5) is 17.1 Å². The van der Waals surface area contributed by atoms with Crippen LogP contribution in [0.2, 0.25) is 0 Å². The van der Waals surface area contributed by atoms with E-state index in [9.17, 15) is 0 Å². The molecule has 1 aliphatic heterocycles. The molecule has 0 aromatic heterocycles. The first-order valence-corrected chi connectivity index (χ1v) is 8.31. The van der Waals surface area contributed by atoms with Crippen LogP contribution in [0, 0.1) is 0 Å². The van der Waals surface area contributed by atoms with Crippen molar-refractivity contribution in [1.29, 1.82) is 0 Å². The molecule has 3 aromatic carbocycles. The zero-order valence-corrected chi connectivity index (χ0v) is 14.3. The van der Waals surface area contributed by atoms with E-state index >= 15 is 0 Å². The Kier molecular flexibility index (Phi) is 3.50. The van der Waals surface area contributed by atoms with Gasteiger partial charge in [-0.2, -0.15) is 0 Å². The van der Waals surface area contributed by atoms with Crippen molar-refractivity contribution in [2.24, 2.45) is 4.99 Å². The van der Waals surface area contributed by atoms with Crippen LogP contribution in [-0.4, -0.2) is 12.8 Å². The highest BCUT2D eigenvalue weighted by molar-refractivity contribution is 9.10. The summed E-state index contributed by atoms with van der Waals surface area (Å²) in [6.07, 6.45) is 0. The van der Waals surface area contributed by atoms with E-state index in [0.29, 0.717) is 0 Å². The average Bonchev–Trinajstić information content (AvgIpc) is 2.72. The van der Waals surface area contributed by atoms with E-state index < -0.39 is 0 Å². The van der Waals surface area contributed by atoms with E-state index in [1.165, 1.54) is 0 Å². The Hall–Kier alpha value is -2.39. The first-order valence-electron chi connectivity index (χ1n) is 7.51. The number of anilines is 2. The molecule has 0 aliphatic carbocycles. The smallest absolute Gasteiger partial charge is 0.0874 e. The summed E-state index contributed by atoms with van der Waals surface area (Å²) in [5.74, 6) is 0. The maximum atomic E-state index is 5.01. The molecule has 23 heavy (non-hydrogen) atoms. The number of para-hydroxylation sites is 3. The molecule has 1 aliphatic rings. The van der Waals surface area contributed by atoms with Gasteiger partial charge in [-0.3, -0.25) is 0 Å². The Balaban J connectivity index is 2.06. The molecular weight excluding hydrogens is 348 g/mol. The van der Waals surface area contributed by atoms with E-state index in [0.717, 1.165) is 38.4 Å². The normalized spacial score (nSPS) is 13.0.